The third-order valence-corrected chi connectivity index (χ3v) is 2.96. The number of benzene rings is 2. The molecule has 2 aromatic rings. The number of halogens is 2. The number of hydrogen-bond acceptors (Lipinski definition) is 7. The SMILES string of the molecule is COC(=O)c1ccc([N+](=O)[O-])c(F)c1.O=C(O)c1ccc([N+](=O)[O-])c(F)c1. The fourth-order valence-electron chi connectivity index (χ4n) is 1.69. The molecule has 0 aliphatic heterocycles. The summed E-state index contributed by atoms with van der Waals surface area (Å²) >= 11 is 0. The number of nitro groups is 2. The van der Waals surface area contributed by atoms with Gasteiger partial charge in [-0.3, -0.25) is 20.2 Å². The van der Waals surface area contributed by atoms with Gasteiger partial charge in [-0.25, -0.2) is 9.59 Å². The summed E-state index contributed by atoms with van der Waals surface area (Å²) in [6.45, 7) is 0. The summed E-state index contributed by atoms with van der Waals surface area (Å²) in [4.78, 5) is 39.7. The summed E-state index contributed by atoms with van der Waals surface area (Å²) in [6.07, 6.45) is 0. The topological polar surface area (TPSA) is 150 Å². The van der Waals surface area contributed by atoms with Crippen LogP contribution in [0.25, 0.3) is 0 Å². The van der Waals surface area contributed by atoms with Crippen molar-refractivity contribution < 1.29 is 38.1 Å². The largest absolute Gasteiger partial charge is 0.478 e. The van der Waals surface area contributed by atoms with Crippen molar-refractivity contribution in [2.45, 2.75) is 0 Å². The maximum Gasteiger partial charge on any atom is 0.337 e. The summed E-state index contributed by atoms with van der Waals surface area (Å²) in [5, 5.41) is 28.7. The maximum atomic E-state index is 12.9. The second kappa shape index (κ2) is 8.94. The quantitative estimate of drug-likeness (QED) is 0.480. The van der Waals surface area contributed by atoms with E-state index in [0.29, 0.717) is 6.07 Å². The molecule has 1 N–H and O–H groups in total. The third kappa shape index (κ3) is 5.52. The first-order valence-corrected chi connectivity index (χ1v) is 6.78. The van der Waals surface area contributed by atoms with Crippen LogP contribution in [0.4, 0.5) is 20.2 Å². The average Bonchev–Trinajstić information content (AvgIpc) is 2.60. The van der Waals surface area contributed by atoms with Crippen molar-refractivity contribution in [3.8, 4) is 0 Å². The third-order valence-electron chi connectivity index (χ3n) is 2.96. The zero-order valence-corrected chi connectivity index (χ0v) is 13.4. The Balaban J connectivity index is 0.000000271. The van der Waals surface area contributed by atoms with E-state index in [1.807, 2.05) is 0 Å². The van der Waals surface area contributed by atoms with Gasteiger partial charge in [-0.15, -0.1) is 0 Å². The van der Waals surface area contributed by atoms with E-state index in [4.69, 9.17) is 5.11 Å². The Bertz CT molecular complexity index is 917. The minimum Gasteiger partial charge on any atom is -0.478 e. The summed E-state index contributed by atoms with van der Waals surface area (Å²) in [5.41, 5.74) is -1.78. The van der Waals surface area contributed by atoms with E-state index in [1.165, 1.54) is 0 Å². The van der Waals surface area contributed by atoms with Gasteiger partial charge in [0.2, 0.25) is 11.6 Å². The van der Waals surface area contributed by atoms with Gasteiger partial charge >= 0.3 is 23.3 Å². The Morgan fingerprint density at radius 2 is 1.33 bits per heavy atom. The molecule has 0 heterocycles. The van der Waals surface area contributed by atoms with Gasteiger partial charge in [-0.2, -0.15) is 8.78 Å². The first-order chi connectivity index (χ1) is 12.6. The van der Waals surface area contributed by atoms with Crippen LogP contribution in [0.2, 0.25) is 0 Å². The minimum absolute atomic E-state index is 0.0596. The molecule has 2 rings (SSSR count). The van der Waals surface area contributed by atoms with Crippen molar-refractivity contribution in [2.75, 3.05) is 7.11 Å². The monoisotopic (exact) mass is 384 g/mol. The van der Waals surface area contributed by atoms with Gasteiger partial charge in [-0.05, 0) is 24.3 Å². The molecule has 0 saturated heterocycles. The van der Waals surface area contributed by atoms with Crippen molar-refractivity contribution >= 4 is 23.3 Å². The smallest absolute Gasteiger partial charge is 0.337 e. The van der Waals surface area contributed by atoms with Crippen LogP contribution in [0.15, 0.2) is 36.4 Å². The van der Waals surface area contributed by atoms with Crippen molar-refractivity contribution in [3.05, 3.63) is 79.4 Å². The Morgan fingerprint density at radius 1 is 0.926 bits per heavy atom. The number of esters is 1. The van der Waals surface area contributed by atoms with Crippen molar-refractivity contribution in [2.24, 2.45) is 0 Å². The molecule has 12 heteroatoms. The molecule has 0 spiro atoms. The number of nitro benzene ring substituents is 2. The Labute approximate surface area is 148 Å². The van der Waals surface area contributed by atoms with Gasteiger partial charge in [0.25, 0.3) is 0 Å². The van der Waals surface area contributed by atoms with Gasteiger partial charge in [-0.1, -0.05) is 0 Å². The molecule has 27 heavy (non-hydrogen) atoms. The lowest BCUT2D eigenvalue weighted by atomic mass is 10.2. The van der Waals surface area contributed by atoms with E-state index in [1.54, 1.807) is 0 Å². The molecule has 142 valence electrons. The summed E-state index contributed by atoms with van der Waals surface area (Å²) in [5.74, 6) is -4.27. The minimum atomic E-state index is -1.33. The Kier molecular flexibility index (Phi) is 6.98. The lowest BCUT2D eigenvalue weighted by Gasteiger charge is -1.98. The predicted octanol–water partition coefficient (Wildman–Crippen LogP) is 2.95. The normalized spacial score (nSPS) is 9.59. The van der Waals surface area contributed by atoms with Crippen LogP contribution in [0, 0.1) is 31.9 Å². The summed E-state index contributed by atoms with van der Waals surface area (Å²) in [6, 6.07) is 5.22. The van der Waals surface area contributed by atoms with Crippen LogP contribution >= 0.6 is 0 Å². The highest BCUT2D eigenvalue weighted by molar-refractivity contribution is 5.89. The van der Waals surface area contributed by atoms with Crippen LogP contribution in [-0.2, 0) is 4.74 Å². The molecule has 2 aromatic carbocycles. The van der Waals surface area contributed by atoms with Gasteiger partial charge < -0.3 is 9.84 Å². The van der Waals surface area contributed by atoms with E-state index in [0.717, 1.165) is 37.4 Å². The van der Waals surface area contributed by atoms with Crippen molar-refractivity contribution in [1.82, 2.24) is 0 Å². The van der Waals surface area contributed by atoms with E-state index in [2.05, 4.69) is 4.74 Å². The predicted molar refractivity (Wildman–Crippen MR) is 84.4 cm³/mol. The molecular formula is C15H10F2N2O8. The van der Waals surface area contributed by atoms with Gasteiger partial charge in [0.05, 0.1) is 28.1 Å². The van der Waals surface area contributed by atoms with Crippen LogP contribution < -0.4 is 0 Å². The standard InChI is InChI=1S/C8H6FNO4.C7H4FNO4/c1-14-8(11)5-2-3-7(10(12)13)6(9)4-5;8-5-3-4(7(10)11)1-2-6(5)9(12)13/h2-4H,1H3;1-3H,(H,10,11). The molecule has 0 fully saturated rings. The summed E-state index contributed by atoms with van der Waals surface area (Å²) < 4.78 is 30.0. The van der Waals surface area contributed by atoms with Crippen LogP contribution in [-0.4, -0.2) is 34.0 Å². The van der Waals surface area contributed by atoms with E-state index in [-0.39, 0.29) is 11.1 Å². The fraction of sp³-hybridized carbons (Fsp3) is 0.0667. The maximum absolute atomic E-state index is 12.9. The van der Waals surface area contributed by atoms with Crippen LogP contribution in [0.5, 0.6) is 0 Å². The Hall–Kier alpha value is -3.96. The number of hydrogen-bond donors (Lipinski definition) is 1. The number of carbonyl (C=O) groups is 2. The lowest BCUT2D eigenvalue weighted by Crippen LogP contribution is -2.02. The molecule has 0 atom stereocenters. The molecule has 0 amide bonds. The number of carboxylic acid groups (broad SMARTS) is 1. The van der Waals surface area contributed by atoms with Gasteiger partial charge in [0.1, 0.15) is 0 Å². The first-order valence-electron chi connectivity index (χ1n) is 6.78. The number of nitrogens with zero attached hydrogens (tertiary/aromatic N) is 2. The van der Waals surface area contributed by atoms with Gasteiger partial charge in [0.15, 0.2) is 0 Å². The van der Waals surface area contributed by atoms with Crippen LogP contribution in [0.3, 0.4) is 0 Å². The number of methoxy groups -OCH3 is 1. The van der Waals surface area contributed by atoms with Crippen molar-refractivity contribution in [3.63, 3.8) is 0 Å². The molecule has 0 bridgehead atoms. The van der Waals surface area contributed by atoms with Gasteiger partial charge in [0, 0.05) is 12.1 Å². The molecule has 0 radical (unpaired) electrons. The molecule has 10 nitrogen and oxygen atoms in total. The highest BCUT2D eigenvalue weighted by atomic mass is 19.1. The lowest BCUT2D eigenvalue weighted by molar-refractivity contribution is -0.387. The number of aromatic carboxylic acids is 1. The van der Waals surface area contributed by atoms with E-state index >= 15 is 0 Å². The first kappa shape index (κ1) is 21.1. The highest BCUT2D eigenvalue weighted by Crippen LogP contribution is 2.18. The molecular weight excluding hydrogens is 374 g/mol. The molecule has 0 unspecified atom stereocenters. The molecule has 0 saturated carbocycles. The molecule has 0 aromatic heterocycles. The van der Waals surface area contributed by atoms with Crippen molar-refractivity contribution in [1.29, 1.82) is 0 Å². The molecule has 0 aliphatic rings. The van der Waals surface area contributed by atoms with Crippen LogP contribution in [0.1, 0.15) is 20.7 Å². The fourth-order valence-corrected chi connectivity index (χ4v) is 1.69. The highest BCUT2D eigenvalue weighted by Gasteiger charge is 2.17. The second-order valence-electron chi connectivity index (χ2n) is 4.64. The number of carbonyl (C=O) groups excluding carboxylic acids is 1. The van der Waals surface area contributed by atoms with E-state index < -0.39 is 44.8 Å². The van der Waals surface area contributed by atoms with E-state index in [9.17, 15) is 38.6 Å². The zero-order chi connectivity index (χ0) is 20.7. The number of rotatable bonds is 4. The number of carboxylic acids is 1. The zero-order valence-electron chi connectivity index (χ0n) is 13.4. The molecule has 0 aliphatic carbocycles. The average molecular weight is 384 g/mol. The number of ether oxygens (including phenoxy) is 1. The second-order valence-corrected chi connectivity index (χ2v) is 4.64. The summed E-state index contributed by atoms with van der Waals surface area (Å²) in [7, 11) is 1.14. The Morgan fingerprint density at radius 3 is 1.67 bits per heavy atom.